The van der Waals surface area contributed by atoms with E-state index in [9.17, 15) is 19.4 Å². The van der Waals surface area contributed by atoms with Gasteiger partial charge in [0.2, 0.25) is 0 Å². The number of likely N-dealkylation sites (tertiary alicyclic amines) is 1. The Labute approximate surface area is 124 Å². The molecule has 116 valence electrons. The van der Waals surface area contributed by atoms with E-state index in [0.717, 1.165) is 5.56 Å². The van der Waals surface area contributed by atoms with Gasteiger partial charge in [-0.15, -0.1) is 0 Å². The number of carboxylic acid groups (broad SMARTS) is 1. The van der Waals surface area contributed by atoms with E-state index in [0.29, 0.717) is 19.6 Å². The van der Waals surface area contributed by atoms with Crippen molar-refractivity contribution in [3.05, 3.63) is 35.6 Å². The standard InChI is InChI=1S/C16H22FNO3/c1-16(2,15(20)21)10-18-7-12(9-19)14(8-18)11-4-3-5-13(17)6-11/h3-6,12,14,19H,7-10H2,1-2H3,(H,20,21)/t12-,14-/m1/s1. The van der Waals surface area contributed by atoms with Crippen LogP contribution in [-0.4, -0.2) is 47.3 Å². The lowest BCUT2D eigenvalue weighted by Gasteiger charge is -2.26. The molecular weight excluding hydrogens is 273 g/mol. The summed E-state index contributed by atoms with van der Waals surface area (Å²) in [4.78, 5) is 13.3. The number of carboxylic acids is 1. The highest BCUT2D eigenvalue weighted by Gasteiger charge is 2.38. The van der Waals surface area contributed by atoms with E-state index in [4.69, 9.17) is 0 Å². The zero-order valence-electron chi connectivity index (χ0n) is 12.4. The molecule has 1 aromatic carbocycles. The van der Waals surface area contributed by atoms with E-state index in [1.165, 1.54) is 12.1 Å². The molecule has 1 aliphatic heterocycles. The molecule has 0 aromatic heterocycles. The zero-order valence-corrected chi connectivity index (χ0v) is 12.4. The van der Waals surface area contributed by atoms with Crippen LogP contribution >= 0.6 is 0 Å². The van der Waals surface area contributed by atoms with Gasteiger partial charge in [-0.3, -0.25) is 4.79 Å². The minimum Gasteiger partial charge on any atom is -0.481 e. The van der Waals surface area contributed by atoms with Crippen molar-refractivity contribution in [3.8, 4) is 0 Å². The number of nitrogens with zero attached hydrogens (tertiary/aromatic N) is 1. The van der Waals surface area contributed by atoms with Gasteiger partial charge in [0.05, 0.1) is 5.41 Å². The van der Waals surface area contributed by atoms with Crippen LogP contribution in [0.15, 0.2) is 24.3 Å². The number of aliphatic hydroxyl groups is 1. The molecule has 0 saturated carbocycles. The van der Waals surface area contributed by atoms with E-state index in [2.05, 4.69) is 0 Å². The largest absolute Gasteiger partial charge is 0.481 e. The van der Waals surface area contributed by atoms with E-state index in [1.54, 1.807) is 19.9 Å². The van der Waals surface area contributed by atoms with Gasteiger partial charge in [0, 0.05) is 38.1 Å². The average molecular weight is 295 g/mol. The Bertz CT molecular complexity index is 518. The lowest BCUT2D eigenvalue weighted by atomic mass is 9.89. The molecule has 21 heavy (non-hydrogen) atoms. The summed E-state index contributed by atoms with van der Waals surface area (Å²) in [7, 11) is 0. The molecule has 0 unspecified atom stereocenters. The third-order valence-electron chi connectivity index (χ3n) is 4.23. The Morgan fingerprint density at radius 2 is 2.14 bits per heavy atom. The predicted molar refractivity (Wildman–Crippen MR) is 77.6 cm³/mol. The van der Waals surface area contributed by atoms with Gasteiger partial charge in [0.25, 0.3) is 0 Å². The van der Waals surface area contributed by atoms with Crippen LogP contribution in [0, 0.1) is 17.2 Å². The SMILES string of the molecule is CC(C)(CN1C[C@H](CO)[C@@H](c2cccc(F)c2)C1)C(=O)O. The lowest BCUT2D eigenvalue weighted by Crippen LogP contribution is -2.38. The summed E-state index contributed by atoms with van der Waals surface area (Å²) < 4.78 is 13.4. The summed E-state index contributed by atoms with van der Waals surface area (Å²) >= 11 is 0. The van der Waals surface area contributed by atoms with Crippen molar-refractivity contribution in [2.75, 3.05) is 26.2 Å². The normalized spacial score (nSPS) is 23.4. The Morgan fingerprint density at radius 1 is 1.43 bits per heavy atom. The minimum atomic E-state index is -0.836. The zero-order chi connectivity index (χ0) is 15.6. The second kappa shape index (κ2) is 6.12. The fourth-order valence-electron chi connectivity index (χ4n) is 3.02. The number of rotatable bonds is 5. The van der Waals surface area contributed by atoms with Crippen molar-refractivity contribution in [3.63, 3.8) is 0 Å². The van der Waals surface area contributed by atoms with Crippen LogP contribution in [0.25, 0.3) is 0 Å². The van der Waals surface area contributed by atoms with Crippen LogP contribution in [0.5, 0.6) is 0 Å². The second-order valence-electron chi connectivity index (χ2n) is 6.49. The first-order valence-electron chi connectivity index (χ1n) is 7.15. The molecular formula is C16H22FNO3. The number of hydrogen-bond donors (Lipinski definition) is 2. The molecule has 4 nitrogen and oxygen atoms in total. The maximum Gasteiger partial charge on any atom is 0.310 e. The van der Waals surface area contributed by atoms with Crippen LogP contribution in [0.2, 0.25) is 0 Å². The van der Waals surface area contributed by atoms with Gasteiger partial charge in [0.15, 0.2) is 0 Å². The predicted octanol–water partition coefficient (Wildman–Crippen LogP) is 1.94. The van der Waals surface area contributed by atoms with E-state index < -0.39 is 11.4 Å². The van der Waals surface area contributed by atoms with Gasteiger partial charge in [0.1, 0.15) is 5.82 Å². The van der Waals surface area contributed by atoms with Gasteiger partial charge in [-0.25, -0.2) is 4.39 Å². The summed E-state index contributed by atoms with van der Waals surface area (Å²) in [5, 5.41) is 18.8. The summed E-state index contributed by atoms with van der Waals surface area (Å²) in [6.07, 6.45) is 0. The Morgan fingerprint density at radius 3 is 2.71 bits per heavy atom. The molecule has 5 heteroatoms. The summed E-state index contributed by atoms with van der Waals surface area (Å²) in [5.74, 6) is -1.07. The first-order valence-corrected chi connectivity index (χ1v) is 7.15. The van der Waals surface area contributed by atoms with Gasteiger partial charge >= 0.3 is 5.97 Å². The van der Waals surface area contributed by atoms with Gasteiger partial charge in [-0.1, -0.05) is 12.1 Å². The fourth-order valence-corrected chi connectivity index (χ4v) is 3.02. The quantitative estimate of drug-likeness (QED) is 0.871. The van der Waals surface area contributed by atoms with Gasteiger partial charge in [-0.05, 0) is 31.5 Å². The van der Waals surface area contributed by atoms with E-state index >= 15 is 0 Å². The number of aliphatic hydroxyl groups excluding tert-OH is 1. The first kappa shape index (κ1) is 15.9. The van der Waals surface area contributed by atoms with E-state index in [-0.39, 0.29) is 24.3 Å². The van der Waals surface area contributed by atoms with Crippen LogP contribution in [0.1, 0.15) is 25.3 Å². The minimum absolute atomic E-state index is 0.0106. The van der Waals surface area contributed by atoms with Crippen molar-refractivity contribution in [2.45, 2.75) is 19.8 Å². The van der Waals surface area contributed by atoms with Crippen LogP contribution in [0.3, 0.4) is 0 Å². The number of carbonyl (C=O) groups is 1. The van der Waals surface area contributed by atoms with Crippen molar-refractivity contribution in [1.82, 2.24) is 4.90 Å². The van der Waals surface area contributed by atoms with Crippen molar-refractivity contribution in [1.29, 1.82) is 0 Å². The molecule has 1 saturated heterocycles. The highest BCUT2D eigenvalue weighted by molar-refractivity contribution is 5.73. The number of benzene rings is 1. The molecule has 0 bridgehead atoms. The third-order valence-corrected chi connectivity index (χ3v) is 4.23. The Kier molecular flexibility index (Phi) is 4.64. The van der Waals surface area contributed by atoms with Crippen molar-refractivity contribution >= 4 is 5.97 Å². The molecule has 0 radical (unpaired) electrons. The maximum atomic E-state index is 13.4. The number of hydrogen-bond acceptors (Lipinski definition) is 3. The fraction of sp³-hybridized carbons (Fsp3) is 0.562. The van der Waals surface area contributed by atoms with Crippen molar-refractivity contribution in [2.24, 2.45) is 11.3 Å². The topological polar surface area (TPSA) is 60.8 Å². The van der Waals surface area contributed by atoms with Crippen LogP contribution < -0.4 is 0 Å². The molecule has 1 aliphatic rings. The molecule has 2 atom stereocenters. The molecule has 2 rings (SSSR count). The highest BCUT2D eigenvalue weighted by Crippen LogP contribution is 2.34. The Hall–Kier alpha value is -1.46. The smallest absolute Gasteiger partial charge is 0.310 e. The highest BCUT2D eigenvalue weighted by atomic mass is 19.1. The van der Waals surface area contributed by atoms with E-state index in [1.807, 2.05) is 11.0 Å². The lowest BCUT2D eigenvalue weighted by molar-refractivity contribution is -0.147. The molecule has 1 aromatic rings. The molecule has 1 heterocycles. The second-order valence-corrected chi connectivity index (χ2v) is 6.49. The molecule has 0 spiro atoms. The molecule has 1 fully saturated rings. The molecule has 0 amide bonds. The van der Waals surface area contributed by atoms with Crippen molar-refractivity contribution < 1.29 is 19.4 Å². The average Bonchev–Trinajstić information content (AvgIpc) is 2.80. The van der Waals surface area contributed by atoms with Crippen LogP contribution in [-0.2, 0) is 4.79 Å². The maximum absolute atomic E-state index is 13.4. The van der Waals surface area contributed by atoms with Gasteiger partial charge < -0.3 is 15.1 Å². The summed E-state index contributed by atoms with van der Waals surface area (Å²) in [6, 6.07) is 6.43. The molecule has 0 aliphatic carbocycles. The number of aliphatic carboxylic acids is 1. The monoisotopic (exact) mass is 295 g/mol. The summed E-state index contributed by atoms with van der Waals surface area (Å²) in [5.41, 5.74) is 0.0290. The van der Waals surface area contributed by atoms with Gasteiger partial charge in [-0.2, -0.15) is 0 Å². The first-order chi connectivity index (χ1) is 9.83. The Balaban J connectivity index is 2.13. The number of halogens is 1. The van der Waals surface area contributed by atoms with Crippen LogP contribution in [0.4, 0.5) is 4.39 Å². The third kappa shape index (κ3) is 3.60. The molecule has 2 N–H and O–H groups in total. The summed E-state index contributed by atoms with van der Waals surface area (Å²) in [6.45, 7) is 5.10.